The number of likely N-dealkylation sites (N-methyl/N-ethyl adjacent to an activating group) is 2. The van der Waals surface area contributed by atoms with Gasteiger partial charge in [-0.25, -0.2) is 0 Å². The van der Waals surface area contributed by atoms with Crippen molar-refractivity contribution in [3.05, 3.63) is 15.9 Å². The standard InChI is InChI=1S/C15H28BrN5O/c1-11(2)13-12(16)14(18-17-13)15(22)21(9-7-19(3)4)10-8-20(5)6/h11H,7-10H2,1-6H3,(H,17,18). The van der Waals surface area contributed by atoms with E-state index in [1.54, 1.807) is 0 Å². The topological polar surface area (TPSA) is 55.5 Å². The maximum atomic E-state index is 12.8. The van der Waals surface area contributed by atoms with Gasteiger partial charge in [0.15, 0.2) is 5.69 Å². The molecular weight excluding hydrogens is 346 g/mol. The number of nitrogens with one attached hydrogen (secondary N) is 1. The molecule has 22 heavy (non-hydrogen) atoms. The number of carbonyl (C=O) groups excluding carboxylic acids is 1. The Bertz CT molecular complexity index is 472. The summed E-state index contributed by atoms with van der Waals surface area (Å²) in [6, 6.07) is 0. The summed E-state index contributed by atoms with van der Waals surface area (Å²) in [5, 5.41) is 7.20. The number of aromatic amines is 1. The van der Waals surface area contributed by atoms with Gasteiger partial charge in [-0.05, 0) is 50.0 Å². The van der Waals surface area contributed by atoms with E-state index in [0.717, 1.165) is 23.3 Å². The number of H-pyrrole nitrogens is 1. The lowest BCUT2D eigenvalue weighted by atomic mass is 10.1. The van der Waals surface area contributed by atoms with Gasteiger partial charge in [0.1, 0.15) is 0 Å². The Morgan fingerprint density at radius 2 is 1.59 bits per heavy atom. The van der Waals surface area contributed by atoms with Gasteiger partial charge < -0.3 is 14.7 Å². The molecule has 0 bridgehead atoms. The van der Waals surface area contributed by atoms with Crippen molar-refractivity contribution in [1.29, 1.82) is 0 Å². The van der Waals surface area contributed by atoms with Crippen molar-refractivity contribution in [2.75, 3.05) is 54.4 Å². The Morgan fingerprint density at radius 3 is 1.95 bits per heavy atom. The van der Waals surface area contributed by atoms with Crippen molar-refractivity contribution in [2.24, 2.45) is 0 Å². The molecule has 0 atom stereocenters. The third-order valence-electron chi connectivity index (χ3n) is 3.43. The molecule has 0 aliphatic heterocycles. The molecule has 1 N–H and O–H groups in total. The van der Waals surface area contributed by atoms with Crippen molar-refractivity contribution in [2.45, 2.75) is 19.8 Å². The van der Waals surface area contributed by atoms with Crippen LogP contribution in [0.5, 0.6) is 0 Å². The van der Waals surface area contributed by atoms with Crippen LogP contribution in [0, 0.1) is 0 Å². The largest absolute Gasteiger partial charge is 0.335 e. The molecule has 1 aromatic rings. The van der Waals surface area contributed by atoms with Crippen LogP contribution < -0.4 is 0 Å². The number of aromatic nitrogens is 2. The van der Waals surface area contributed by atoms with E-state index in [9.17, 15) is 4.79 Å². The van der Waals surface area contributed by atoms with Gasteiger partial charge in [-0.15, -0.1) is 0 Å². The van der Waals surface area contributed by atoms with Crippen LogP contribution in [0.2, 0.25) is 0 Å². The molecule has 0 aliphatic rings. The van der Waals surface area contributed by atoms with Gasteiger partial charge in [0, 0.05) is 26.2 Å². The molecule has 0 aliphatic carbocycles. The van der Waals surface area contributed by atoms with E-state index in [0.29, 0.717) is 24.7 Å². The molecule has 0 radical (unpaired) electrons. The van der Waals surface area contributed by atoms with E-state index in [4.69, 9.17) is 0 Å². The minimum absolute atomic E-state index is 0.0290. The van der Waals surface area contributed by atoms with Crippen molar-refractivity contribution in [1.82, 2.24) is 24.9 Å². The van der Waals surface area contributed by atoms with Gasteiger partial charge in [-0.3, -0.25) is 9.89 Å². The Kier molecular flexibility index (Phi) is 7.52. The molecule has 1 heterocycles. The lowest BCUT2D eigenvalue weighted by Crippen LogP contribution is -2.40. The van der Waals surface area contributed by atoms with Gasteiger partial charge in [0.05, 0.1) is 10.2 Å². The minimum atomic E-state index is -0.0290. The molecule has 0 aromatic carbocycles. The Balaban J connectivity index is 2.90. The van der Waals surface area contributed by atoms with Crippen LogP contribution in [0.15, 0.2) is 4.47 Å². The summed E-state index contributed by atoms with van der Waals surface area (Å²) >= 11 is 3.52. The highest BCUT2D eigenvalue weighted by molar-refractivity contribution is 9.10. The lowest BCUT2D eigenvalue weighted by molar-refractivity contribution is 0.0727. The third-order valence-corrected chi connectivity index (χ3v) is 4.24. The monoisotopic (exact) mass is 373 g/mol. The molecule has 0 fully saturated rings. The van der Waals surface area contributed by atoms with Gasteiger partial charge in [-0.2, -0.15) is 5.10 Å². The van der Waals surface area contributed by atoms with Crippen LogP contribution >= 0.6 is 15.9 Å². The van der Waals surface area contributed by atoms with E-state index in [2.05, 4.69) is 49.8 Å². The summed E-state index contributed by atoms with van der Waals surface area (Å²) in [5.74, 6) is 0.263. The van der Waals surface area contributed by atoms with Crippen LogP contribution in [-0.2, 0) is 0 Å². The Hall–Kier alpha value is -0.920. The summed E-state index contributed by atoms with van der Waals surface area (Å²) in [6.07, 6.45) is 0. The first-order valence-corrected chi connectivity index (χ1v) is 8.35. The van der Waals surface area contributed by atoms with E-state index in [-0.39, 0.29) is 5.91 Å². The molecule has 6 nitrogen and oxygen atoms in total. The second-order valence-electron chi connectivity index (χ2n) is 6.35. The number of carbonyl (C=O) groups is 1. The lowest BCUT2D eigenvalue weighted by Gasteiger charge is -2.25. The maximum Gasteiger partial charge on any atom is 0.275 e. The van der Waals surface area contributed by atoms with Crippen LogP contribution in [0.3, 0.4) is 0 Å². The van der Waals surface area contributed by atoms with Crippen molar-refractivity contribution in [3.63, 3.8) is 0 Å². The fraction of sp³-hybridized carbons (Fsp3) is 0.733. The van der Waals surface area contributed by atoms with E-state index in [1.165, 1.54) is 0 Å². The number of hydrogen-bond donors (Lipinski definition) is 1. The van der Waals surface area contributed by atoms with Crippen LogP contribution in [0.25, 0.3) is 0 Å². The highest BCUT2D eigenvalue weighted by atomic mass is 79.9. The van der Waals surface area contributed by atoms with Crippen LogP contribution in [0.1, 0.15) is 35.9 Å². The molecule has 1 amide bonds. The highest BCUT2D eigenvalue weighted by Gasteiger charge is 2.24. The second kappa shape index (κ2) is 8.64. The summed E-state index contributed by atoms with van der Waals surface area (Å²) in [7, 11) is 8.04. The SMILES string of the molecule is CC(C)c1[nH]nc(C(=O)N(CCN(C)C)CCN(C)C)c1Br. The summed E-state index contributed by atoms with van der Waals surface area (Å²) in [4.78, 5) is 18.8. The molecule has 126 valence electrons. The molecule has 0 spiro atoms. The van der Waals surface area contributed by atoms with Gasteiger partial charge in [0.2, 0.25) is 0 Å². The van der Waals surface area contributed by atoms with Crippen LogP contribution in [0.4, 0.5) is 0 Å². The first-order valence-electron chi connectivity index (χ1n) is 7.56. The first kappa shape index (κ1) is 19.1. The Labute approximate surface area is 142 Å². The Morgan fingerprint density at radius 1 is 1.09 bits per heavy atom. The summed E-state index contributed by atoms with van der Waals surface area (Å²) in [6.45, 7) is 7.19. The van der Waals surface area contributed by atoms with Crippen molar-refractivity contribution < 1.29 is 4.79 Å². The molecule has 7 heteroatoms. The zero-order valence-electron chi connectivity index (χ0n) is 14.5. The highest BCUT2D eigenvalue weighted by Crippen LogP contribution is 2.26. The number of nitrogens with zero attached hydrogens (tertiary/aromatic N) is 4. The smallest absolute Gasteiger partial charge is 0.275 e. The molecule has 0 unspecified atom stereocenters. The zero-order valence-corrected chi connectivity index (χ0v) is 16.1. The average molecular weight is 374 g/mol. The number of rotatable bonds is 8. The normalized spacial score (nSPS) is 11.7. The van der Waals surface area contributed by atoms with E-state index in [1.807, 2.05) is 33.1 Å². The first-order chi connectivity index (χ1) is 10.2. The summed E-state index contributed by atoms with van der Waals surface area (Å²) < 4.78 is 0.784. The fourth-order valence-electron chi connectivity index (χ4n) is 1.97. The average Bonchev–Trinajstić information content (AvgIpc) is 2.79. The zero-order chi connectivity index (χ0) is 16.9. The quantitative estimate of drug-likeness (QED) is 0.755. The molecular formula is C15H28BrN5O. The third kappa shape index (κ3) is 5.37. The van der Waals surface area contributed by atoms with Crippen molar-refractivity contribution >= 4 is 21.8 Å². The summed E-state index contributed by atoms with van der Waals surface area (Å²) in [5.41, 5.74) is 1.43. The van der Waals surface area contributed by atoms with E-state index < -0.39 is 0 Å². The molecule has 0 saturated carbocycles. The molecule has 0 saturated heterocycles. The molecule has 1 aromatic heterocycles. The van der Waals surface area contributed by atoms with Gasteiger partial charge in [-0.1, -0.05) is 13.8 Å². The second-order valence-corrected chi connectivity index (χ2v) is 7.15. The number of amides is 1. The van der Waals surface area contributed by atoms with Gasteiger partial charge in [0.25, 0.3) is 5.91 Å². The van der Waals surface area contributed by atoms with E-state index >= 15 is 0 Å². The van der Waals surface area contributed by atoms with Gasteiger partial charge >= 0.3 is 0 Å². The number of hydrogen-bond acceptors (Lipinski definition) is 4. The van der Waals surface area contributed by atoms with Crippen molar-refractivity contribution in [3.8, 4) is 0 Å². The molecule has 1 rings (SSSR count). The maximum absolute atomic E-state index is 12.8. The minimum Gasteiger partial charge on any atom is -0.335 e. The predicted molar refractivity (Wildman–Crippen MR) is 93.4 cm³/mol. The van der Waals surface area contributed by atoms with Crippen LogP contribution in [-0.4, -0.2) is 85.2 Å². The fourth-order valence-corrected chi connectivity index (χ4v) is 2.78. The number of halogens is 1. The predicted octanol–water partition coefficient (Wildman–Crippen LogP) is 1.86.